The fourth-order valence-corrected chi connectivity index (χ4v) is 3.01. The van der Waals surface area contributed by atoms with Gasteiger partial charge < -0.3 is 4.74 Å². The van der Waals surface area contributed by atoms with Crippen molar-refractivity contribution >= 4 is 43.5 Å². The molecule has 0 heterocycles. The molecule has 0 amide bonds. The number of methoxy groups -OCH3 is 1. The van der Waals surface area contributed by atoms with Gasteiger partial charge in [0.25, 0.3) is 0 Å². The van der Waals surface area contributed by atoms with Crippen LogP contribution in [0.5, 0.6) is 5.75 Å². The molecule has 106 valence electrons. The van der Waals surface area contributed by atoms with E-state index in [1.807, 2.05) is 0 Å². The molecule has 0 aromatic heterocycles. The number of hydrogen-bond acceptors (Lipinski definition) is 1. The van der Waals surface area contributed by atoms with Crippen LogP contribution in [-0.4, -0.2) is 7.11 Å². The molecule has 0 spiro atoms. The largest absolute Gasteiger partial charge is 0.496 e. The van der Waals surface area contributed by atoms with Crippen molar-refractivity contribution in [2.75, 3.05) is 7.11 Å². The monoisotopic (exact) mass is 424 g/mol. The Balaban J connectivity index is 2.54. The van der Waals surface area contributed by atoms with Crippen LogP contribution in [0.15, 0.2) is 34.8 Å². The third-order valence-corrected chi connectivity index (χ3v) is 4.61. The molecule has 0 N–H and O–H groups in total. The summed E-state index contributed by atoms with van der Waals surface area (Å²) in [5, 5.41) is 0.489. The molecule has 0 aliphatic heterocycles. The molecule has 0 fully saturated rings. The molecular formula is C14H9Br2ClF2O. The SMILES string of the molecule is COc1ccc(Cl)cc1C(Br)c1cc(F)c(Br)cc1F. The Kier molecular flexibility index (Phi) is 5.04. The summed E-state index contributed by atoms with van der Waals surface area (Å²) < 4.78 is 32.9. The molecule has 2 aromatic rings. The van der Waals surface area contributed by atoms with Crippen LogP contribution < -0.4 is 4.74 Å². The van der Waals surface area contributed by atoms with Gasteiger partial charge in [-0.15, -0.1) is 0 Å². The maximum absolute atomic E-state index is 14.0. The standard InChI is InChI=1S/C14H9Br2ClF2O/c1-20-13-3-2-7(17)4-9(13)14(16)8-5-12(19)10(15)6-11(8)18/h2-6,14H,1H3. The van der Waals surface area contributed by atoms with E-state index in [-0.39, 0.29) is 10.0 Å². The molecule has 0 aliphatic carbocycles. The van der Waals surface area contributed by atoms with Gasteiger partial charge >= 0.3 is 0 Å². The van der Waals surface area contributed by atoms with Crippen molar-refractivity contribution in [1.29, 1.82) is 0 Å². The van der Waals surface area contributed by atoms with Crippen molar-refractivity contribution in [3.63, 3.8) is 0 Å². The van der Waals surface area contributed by atoms with Crippen molar-refractivity contribution in [2.45, 2.75) is 4.83 Å². The minimum absolute atomic E-state index is 0.0801. The summed E-state index contributed by atoms with van der Waals surface area (Å²) in [5.74, 6) is -0.520. The first kappa shape index (κ1) is 15.7. The topological polar surface area (TPSA) is 9.23 Å². The quantitative estimate of drug-likeness (QED) is 0.440. The van der Waals surface area contributed by atoms with Gasteiger partial charge in [-0.3, -0.25) is 0 Å². The molecule has 20 heavy (non-hydrogen) atoms. The minimum Gasteiger partial charge on any atom is -0.496 e. The van der Waals surface area contributed by atoms with E-state index in [2.05, 4.69) is 31.9 Å². The van der Waals surface area contributed by atoms with Crippen LogP contribution in [-0.2, 0) is 0 Å². The van der Waals surface area contributed by atoms with Gasteiger partial charge in [0, 0.05) is 16.1 Å². The molecule has 0 saturated heterocycles. The smallest absolute Gasteiger partial charge is 0.137 e. The lowest BCUT2D eigenvalue weighted by Gasteiger charge is -2.16. The van der Waals surface area contributed by atoms with Crippen molar-refractivity contribution in [1.82, 2.24) is 0 Å². The third-order valence-electron chi connectivity index (χ3n) is 2.78. The first-order chi connectivity index (χ1) is 9.43. The zero-order valence-electron chi connectivity index (χ0n) is 10.3. The molecule has 0 radical (unpaired) electrons. The minimum atomic E-state index is -0.571. The summed E-state index contributed by atoms with van der Waals surface area (Å²) in [6.07, 6.45) is 0. The van der Waals surface area contributed by atoms with E-state index in [0.29, 0.717) is 16.3 Å². The number of benzene rings is 2. The Morgan fingerprint density at radius 3 is 2.45 bits per heavy atom. The highest BCUT2D eigenvalue weighted by Gasteiger charge is 2.21. The Hall–Kier alpha value is -0.650. The van der Waals surface area contributed by atoms with Crippen LogP contribution in [0.25, 0.3) is 0 Å². The zero-order chi connectivity index (χ0) is 14.9. The molecule has 0 aliphatic rings. The second-order valence-electron chi connectivity index (χ2n) is 4.04. The predicted molar refractivity (Wildman–Crippen MR) is 82.8 cm³/mol. The lowest BCUT2D eigenvalue weighted by molar-refractivity contribution is 0.410. The van der Waals surface area contributed by atoms with Crippen LogP contribution in [0.2, 0.25) is 5.02 Å². The first-order valence-corrected chi connectivity index (χ1v) is 7.64. The summed E-state index contributed by atoms with van der Waals surface area (Å²) in [6.45, 7) is 0. The van der Waals surface area contributed by atoms with E-state index < -0.39 is 16.5 Å². The molecular weight excluding hydrogens is 417 g/mol. The second kappa shape index (κ2) is 6.41. The highest BCUT2D eigenvalue weighted by Crippen LogP contribution is 2.40. The Bertz CT molecular complexity index is 649. The van der Waals surface area contributed by atoms with Gasteiger partial charge in [-0.1, -0.05) is 27.5 Å². The van der Waals surface area contributed by atoms with Crippen molar-refractivity contribution < 1.29 is 13.5 Å². The molecule has 2 aromatic carbocycles. The molecule has 6 heteroatoms. The van der Waals surface area contributed by atoms with Gasteiger partial charge in [0.05, 0.1) is 16.4 Å². The Morgan fingerprint density at radius 1 is 1.10 bits per heavy atom. The highest BCUT2D eigenvalue weighted by molar-refractivity contribution is 9.10. The van der Waals surface area contributed by atoms with E-state index in [1.165, 1.54) is 7.11 Å². The van der Waals surface area contributed by atoms with Gasteiger partial charge in [-0.2, -0.15) is 0 Å². The molecule has 2 rings (SSSR count). The van der Waals surface area contributed by atoms with Crippen molar-refractivity contribution in [3.8, 4) is 5.75 Å². The van der Waals surface area contributed by atoms with E-state index in [1.54, 1.807) is 18.2 Å². The lowest BCUT2D eigenvalue weighted by atomic mass is 10.0. The van der Waals surface area contributed by atoms with Gasteiger partial charge in [-0.05, 0) is 46.3 Å². The third kappa shape index (κ3) is 3.15. The first-order valence-electron chi connectivity index (χ1n) is 5.56. The average Bonchev–Trinajstić information content (AvgIpc) is 2.42. The summed E-state index contributed by atoms with van der Waals surface area (Å²) in [5.41, 5.74) is 0.798. The van der Waals surface area contributed by atoms with Crippen molar-refractivity contribution in [2.24, 2.45) is 0 Å². The zero-order valence-corrected chi connectivity index (χ0v) is 14.2. The van der Waals surface area contributed by atoms with Gasteiger partial charge in [0.15, 0.2) is 0 Å². The van der Waals surface area contributed by atoms with E-state index in [9.17, 15) is 8.78 Å². The van der Waals surface area contributed by atoms with Crippen LogP contribution in [0.3, 0.4) is 0 Å². The van der Waals surface area contributed by atoms with Gasteiger partial charge in [-0.25, -0.2) is 8.78 Å². The second-order valence-corrected chi connectivity index (χ2v) is 6.24. The normalized spacial score (nSPS) is 12.3. The van der Waals surface area contributed by atoms with Gasteiger partial charge in [0.1, 0.15) is 17.4 Å². The highest BCUT2D eigenvalue weighted by atomic mass is 79.9. The summed E-state index contributed by atoms with van der Waals surface area (Å²) in [4.78, 5) is -0.571. The molecule has 1 nitrogen and oxygen atoms in total. The molecule has 1 unspecified atom stereocenters. The lowest BCUT2D eigenvalue weighted by Crippen LogP contribution is -2.01. The maximum atomic E-state index is 14.0. The average molecular weight is 426 g/mol. The van der Waals surface area contributed by atoms with E-state index in [0.717, 1.165) is 12.1 Å². The molecule has 0 bridgehead atoms. The fraction of sp³-hybridized carbons (Fsp3) is 0.143. The van der Waals surface area contributed by atoms with E-state index >= 15 is 0 Å². The summed E-state index contributed by atoms with van der Waals surface area (Å²) >= 11 is 12.3. The Morgan fingerprint density at radius 2 is 1.80 bits per heavy atom. The number of halogens is 5. The van der Waals surface area contributed by atoms with Crippen LogP contribution >= 0.6 is 43.5 Å². The number of alkyl halides is 1. The maximum Gasteiger partial charge on any atom is 0.137 e. The van der Waals surface area contributed by atoms with Crippen LogP contribution in [0.4, 0.5) is 8.78 Å². The molecule has 0 saturated carbocycles. The van der Waals surface area contributed by atoms with Crippen LogP contribution in [0, 0.1) is 11.6 Å². The number of rotatable bonds is 3. The van der Waals surface area contributed by atoms with Crippen molar-refractivity contribution in [3.05, 3.63) is 62.6 Å². The Labute approximate surface area is 137 Å². The summed E-state index contributed by atoms with van der Waals surface area (Å²) in [7, 11) is 1.50. The number of hydrogen-bond donors (Lipinski definition) is 0. The summed E-state index contributed by atoms with van der Waals surface area (Å²) in [6, 6.07) is 7.23. The van der Waals surface area contributed by atoms with E-state index in [4.69, 9.17) is 16.3 Å². The number of ether oxygens (including phenoxy) is 1. The fourth-order valence-electron chi connectivity index (χ4n) is 1.80. The predicted octanol–water partition coefficient (Wildman–Crippen LogP) is 5.87. The van der Waals surface area contributed by atoms with Crippen LogP contribution in [0.1, 0.15) is 16.0 Å². The van der Waals surface area contributed by atoms with Gasteiger partial charge in [0.2, 0.25) is 0 Å². The molecule has 1 atom stereocenters.